The zero-order valence-corrected chi connectivity index (χ0v) is 20.9. The molecule has 1 saturated heterocycles. The number of benzene rings is 3. The van der Waals surface area contributed by atoms with E-state index in [0.717, 1.165) is 16.7 Å². The summed E-state index contributed by atoms with van der Waals surface area (Å²) in [6.45, 7) is 2.35. The van der Waals surface area contributed by atoms with Gasteiger partial charge in [0.05, 0.1) is 18.4 Å². The molecule has 192 valence electrons. The van der Waals surface area contributed by atoms with Crippen molar-refractivity contribution in [3.63, 3.8) is 0 Å². The predicted molar refractivity (Wildman–Crippen MR) is 141 cm³/mol. The molecule has 1 fully saturated rings. The van der Waals surface area contributed by atoms with Crippen LogP contribution in [0.3, 0.4) is 0 Å². The number of nitrogens with one attached hydrogen (secondary N) is 1. The fourth-order valence-corrected chi connectivity index (χ4v) is 4.55. The smallest absolute Gasteiger partial charge is 0.254 e. The van der Waals surface area contributed by atoms with Gasteiger partial charge in [-0.2, -0.15) is 0 Å². The molecular formula is C29H31N3O5. The van der Waals surface area contributed by atoms with Crippen molar-refractivity contribution in [1.29, 1.82) is 0 Å². The summed E-state index contributed by atoms with van der Waals surface area (Å²) in [7, 11) is 1.45. The van der Waals surface area contributed by atoms with Gasteiger partial charge in [-0.3, -0.25) is 9.59 Å². The number of aromatic hydroxyl groups is 1. The highest BCUT2D eigenvalue weighted by atomic mass is 16.6. The van der Waals surface area contributed by atoms with Gasteiger partial charge >= 0.3 is 0 Å². The van der Waals surface area contributed by atoms with Crippen LogP contribution in [0.5, 0.6) is 5.75 Å². The Hall–Kier alpha value is -4.17. The van der Waals surface area contributed by atoms with Gasteiger partial charge in [0.2, 0.25) is 5.91 Å². The first-order valence-corrected chi connectivity index (χ1v) is 12.2. The number of nitrogens with zero attached hydrogens (tertiary/aromatic N) is 2. The third-order valence-electron chi connectivity index (χ3n) is 6.53. The Kier molecular flexibility index (Phi) is 8.20. The van der Waals surface area contributed by atoms with E-state index in [2.05, 4.69) is 23.5 Å². The largest absolute Gasteiger partial charge is 0.508 e. The highest BCUT2D eigenvalue weighted by Gasteiger charge is 2.35. The summed E-state index contributed by atoms with van der Waals surface area (Å²) in [4.78, 5) is 32.7. The normalized spacial score (nSPS) is 17.0. The van der Waals surface area contributed by atoms with Crippen molar-refractivity contribution < 1.29 is 24.6 Å². The van der Waals surface area contributed by atoms with Crippen LogP contribution in [-0.2, 0) is 9.63 Å². The molecule has 1 aliphatic rings. The van der Waals surface area contributed by atoms with Crippen molar-refractivity contribution in [2.24, 2.45) is 5.16 Å². The maximum absolute atomic E-state index is 13.4. The van der Waals surface area contributed by atoms with E-state index >= 15 is 0 Å². The molecule has 8 heteroatoms. The highest BCUT2D eigenvalue weighted by molar-refractivity contribution is 6.01. The fourth-order valence-electron chi connectivity index (χ4n) is 4.55. The number of amides is 2. The number of phenolic OH excluding ortho intramolecular Hbond substituents is 1. The summed E-state index contributed by atoms with van der Waals surface area (Å²) in [6.07, 6.45) is -0.421. The van der Waals surface area contributed by atoms with E-state index in [1.54, 1.807) is 29.2 Å². The number of carbonyl (C=O) groups is 2. The van der Waals surface area contributed by atoms with E-state index in [-0.39, 0.29) is 43.1 Å². The topological polar surface area (TPSA) is 111 Å². The van der Waals surface area contributed by atoms with Gasteiger partial charge in [0.25, 0.3) is 5.91 Å². The number of hydrogen-bond acceptors (Lipinski definition) is 6. The Balaban J connectivity index is 1.42. The molecule has 1 aliphatic heterocycles. The molecule has 3 N–H and O–H groups in total. The molecule has 8 nitrogen and oxygen atoms in total. The van der Waals surface area contributed by atoms with Crippen molar-refractivity contribution >= 4 is 17.5 Å². The lowest BCUT2D eigenvalue weighted by Gasteiger charge is -2.24. The van der Waals surface area contributed by atoms with Crippen LogP contribution in [0.15, 0.2) is 78.0 Å². The van der Waals surface area contributed by atoms with E-state index in [1.807, 2.05) is 30.3 Å². The lowest BCUT2D eigenvalue weighted by molar-refractivity contribution is -0.122. The summed E-state index contributed by atoms with van der Waals surface area (Å²) in [6, 6.07) is 21.3. The van der Waals surface area contributed by atoms with E-state index in [9.17, 15) is 19.8 Å². The van der Waals surface area contributed by atoms with Gasteiger partial charge in [-0.05, 0) is 53.4 Å². The standard InChI is InChI=1S/C29H31N3O5/c1-19-5-3-4-6-26(19)20-7-9-22(10-8-20)29(36)32-18-23(31-37-2)15-24(32)16-28(35)30-17-27(34)21-11-13-25(33)14-12-21/h3-14,24,27,33-34H,15-18H2,1-2H3,(H,30,35)/t24-,27?/m0/s1. The molecule has 0 saturated carbocycles. The number of rotatable bonds is 8. The molecule has 0 radical (unpaired) electrons. The summed E-state index contributed by atoms with van der Waals surface area (Å²) in [5, 5.41) is 26.5. The zero-order valence-electron chi connectivity index (χ0n) is 20.9. The van der Waals surface area contributed by atoms with Crippen molar-refractivity contribution in [3.05, 3.63) is 89.5 Å². The van der Waals surface area contributed by atoms with Gasteiger partial charge in [-0.25, -0.2) is 0 Å². The van der Waals surface area contributed by atoms with Gasteiger partial charge in [0, 0.05) is 31.0 Å². The summed E-state index contributed by atoms with van der Waals surface area (Å²) < 4.78 is 0. The highest BCUT2D eigenvalue weighted by Crippen LogP contribution is 2.26. The van der Waals surface area contributed by atoms with Crippen LogP contribution < -0.4 is 5.32 Å². The van der Waals surface area contributed by atoms with Crippen molar-refractivity contribution in [1.82, 2.24) is 10.2 Å². The average Bonchev–Trinajstić information content (AvgIpc) is 3.29. The summed E-state index contributed by atoms with van der Waals surface area (Å²) in [5.41, 5.74) is 5.10. The van der Waals surface area contributed by atoms with Crippen LogP contribution >= 0.6 is 0 Å². The van der Waals surface area contributed by atoms with Crippen LogP contribution in [0.2, 0.25) is 0 Å². The van der Waals surface area contributed by atoms with Crippen LogP contribution in [0.25, 0.3) is 11.1 Å². The third-order valence-corrected chi connectivity index (χ3v) is 6.53. The van der Waals surface area contributed by atoms with Crippen molar-refractivity contribution in [2.45, 2.75) is 31.9 Å². The second-order valence-corrected chi connectivity index (χ2v) is 9.14. The number of aliphatic hydroxyl groups is 1. The van der Waals surface area contributed by atoms with Gasteiger partial charge in [0.15, 0.2) is 0 Å². The van der Waals surface area contributed by atoms with Crippen molar-refractivity contribution in [3.8, 4) is 16.9 Å². The molecule has 0 bridgehead atoms. The zero-order chi connectivity index (χ0) is 26.4. The fraction of sp³-hybridized carbons (Fsp3) is 0.276. The van der Waals surface area contributed by atoms with Crippen LogP contribution in [0.4, 0.5) is 0 Å². The molecule has 0 aliphatic carbocycles. The predicted octanol–water partition coefficient (Wildman–Crippen LogP) is 3.82. The second-order valence-electron chi connectivity index (χ2n) is 9.14. The summed E-state index contributed by atoms with van der Waals surface area (Å²) >= 11 is 0. The van der Waals surface area contributed by atoms with Crippen LogP contribution in [0.1, 0.15) is 40.4 Å². The Labute approximate surface area is 216 Å². The van der Waals surface area contributed by atoms with Gasteiger partial charge in [-0.1, -0.05) is 53.7 Å². The number of carbonyl (C=O) groups excluding carboxylic acids is 2. The number of oxime groups is 1. The van der Waals surface area contributed by atoms with E-state index in [0.29, 0.717) is 23.3 Å². The SMILES string of the molecule is CON=C1C[C@@H](CC(=O)NCC(O)c2ccc(O)cc2)N(C(=O)c2ccc(-c3ccccc3C)cc2)C1. The number of likely N-dealkylation sites (tertiary alicyclic amines) is 1. The Morgan fingerprint density at radius 3 is 2.46 bits per heavy atom. The van der Waals surface area contributed by atoms with Gasteiger partial charge in [0.1, 0.15) is 12.9 Å². The Morgan fingerprint density at radius 1 is 1.08 bits per heavy atom. The van der Waals surface area contributed by atoms with E-state index in [1.165, 1.54) is 19.2 Å². The molecule has 3 aromatic rings. The minimum atomic E-state index is -0.914. The summed E-state index contributed by atoms with van der Waals surface area (Å²) in [5.74, 6) is -0.363. The van der Waals surface area contributed by atoms with E-state index in [4.69, 9.17) is 4.84 Å². The molecule has 3 aromatic carbocycles. The van der Waals surface area contributed by atoms with Crippen molar-refractivity contribution in [2.75, 3.05) is 20.2 Å². The molecule has 2 amide bonds. The molecule has 1 heterocycles. The monoisotopic (exact) mass is 501 g/mol. The third kappa shape index (κ3) is 6.34. The first-order chi connectivity index (χ1) is 17.9. The molecule has 0 aromatic heterocycles. The maximum Gasteiger partial charge on any atom is 0.254 e. The first-order valence-electron chi connectivity index (χ1n) is 12.2. The molecule has 2 atom stereocenters. The maximum atomic E-state index is 13.4. The van der Waals surface area contributed by atoms with Gasteiger partial charge < -0.3 is 25.3 Å². The number of hydrogen-bond donors (Lipinski definition) is 3. The lowest BCUT2D eigenvalue weighted by atomic mass is 9.99. The van der Waals surface area contributed by atoms with Crippen LogP contribution in [0, 0.1) is 6.92 Å². The Morgan fingerprint density at radius 2 is 1.78 bits per heavy atom. The number of aliphatic hydroxyl groups excluding tert-OH is 1. The first kappa shape index (κ1) is 25.9. The second kappa shape index (κ2) is 11.7. The molecular weight excluding hydrogens is 470 g/mol. The molecule has 37 heavy (non-hydrogen) atoms. The van der Waals surface area contributed by atoms with Crippen LogP contribution in [-0.4, -0.2) is 58.9 Å². The van der Waals surface area contributed by atoms with Gasteiger partial charge in [-0.15, -0.1) is 0 Å². The number of phenols is 1. The molecule has 0 spiro atoms. The minimum Gasteiger partial charge on any atom is -0.508 e. The number of aryl methyl sites for hydroxylation is 1. The molecule has 4 rings (SSSR count). The quantitative estimate of drug-likeness (QED) is 0.406. The minimum absolute atomic E-state index is 0.0175. The lowest BCUT2D eigenvalue weighted by Crippen LogP contribution is -2.40. The average molecular weight is 502 g/mol. The Bertz CT molecular complexity index is 1270. The van der Waals surface area contributed by atoms with E-state index < -0.39 is 6.10 Å². The molecule has 1 unspecified atom stereocenters.